The van der Waals surface area contributed by atoms with Gasteiger partial charge < -0.3 is 4.52 Å². The van der Waals surface area contributed by atoms with Crippen LogP contribution in [-0.4, -0.2) is 24.8 Å². The quantitative estimate of drug-likeness (QED) is 0.548. The maximum atomic E-state index is 13.0. The summed E-state index contributed by atoms with van der Waals surface area (Å²) in [7, 11) is -2.82. The van der Waals surface area contributed by atoms with Gasteiger partial charge in [-0.25, -0.2) is 0 Å². The standard InChI is InChI=1S/C27H33O4P/c1-4-31-32(3,30)20-9-5-17(6-10-20)23-16-27(2)24(13-14-25(27)29)22-11-7-18-15-19(28)8-12-21(18)26(22)23/h5-6,9-10,15,22-24H,4,7-8,11-14,16H2,1-3H3/t22?,23-,24+,27+,32?/m1/s1. The molecule has 0 aliphatic heterocycles. The van der Waals surface area contributed by atoms with E-state index in [2.05, 4.69) is 19.1 Å². The SMILES string of the molecule is CCOP(C)(=O)c1ccc([C@H]2C[C@]3(C)C(=O)CC[C@H]3C3CCC4=CC(=O)CCC4=C32)cc1. The van der Waals surface area contributed by atoms with E-state index in [4.69, 9.17) is 4.52 Å². The minimum atomic E-state index is -2.82. The minimum Gasteiger partial charge on any atom is -0.326 e. The summed E-state index contributed by atoms with van der Waals surface area (Å²) < 4.78 is 18.4. The molecule has 0 bridgehead atoms. The Hall–Kier alpha value is -1.77. The number of allylic oxidation sites excluding steroid dienone is 4. The van der Waals surface area contributed by atoms with Crippen LogP contribution in [0.15, 0.2) is 47.1 Å². The minimum absolute atomic E-state index is 0.174. The molecule has 4 aliphatic carbocycles. The van der Waals surface area contributed by atoms with E-state index in [-0.39, 0.29) is 17.1 Å². The first-order valence-corrected chi connectivity index (χ1v) is 14.1. The van der Waals surface area contributed by atoms with E-state index in [1.54, 1.807) is 6.66 Å². The summed E-state index contributed by atoms with van der Waals surface area (Å²) in [6, 6.07) is 8.07. The number of fused-ring (bicyclic) bond motifs is 4. The summed E-state index contributed by atoms with van der Waals surface area (Å²) >= 11 is 0. The monoisotopic (exact) mass is 452 g/mol. The predicted molar refractivity (Wildman–Crippen MR) is 127 cm³/mol. The van der Waals surface area contributed by atoms with Crippen LogP contribution in [0.5, 0.6) is 0 Å². The van der Waals surface area contributed by atoms with E-state index in [1.807, 2.05) is 25.1 Å². The first-order valence-electron chi connectivity index (χ1n) is 12.1. The smallest absolute Gasteiger partial charge is 0.229 e. The van der Waals surface area contributed by atoms with Gasteiger partial charge in [0.25, 0.3) is 0 Å². The van der Waals surface area contributed by atoms with Crippen LogP contribution in [0.1, 0.15) is 70.3 Å². The molecule has 0 aromatic heterocycles. The molecule has 2 fully saturated rings. The molecule has 4 aliphatic rings. The Morgan fingerprint density at radius 2 is 1.81 bits per heavy atom. The van der Waals surface area contributed by atoms with Gasteiger partial charge in [0.1, 0.15) is 5.78 Å². The Kier molecular flexibility index (Phi) is 5.46. The van der Waals surface area contributed by atoms with Crippen LogP contribution >= 0.6 is 7.37 Å². The van der Waals surface area contributed by atoms with Crippen LogP contribution in [0, 0.1) is 17.3 Å². The van der Waals surface area contributed by atoms with Gasteiger partial charge >= 0.3 is 0 Å². The maximum absolute atomic E-state index is 13.0. The topological polar surface area (TPSA) is 60.4 Å². The Bertz CT molecular complexity index is 1080. The van der Waals surface area contributed by atoms with Crippen LogP contribution in [0.2, 0.25) is 0 Å². The summed E-state index contributed by atoms with van der Waals surface area (Å²) in [6.45, 7) is 6.15. The third-order valence-electron chi connectivity index (χ3n) is 8.58. The second-order valence-corrected chi connectivity index (χ2v) is 12.8. The molecule has 0 N–H and O–H groups in total. The zero-order valence-corrected chi connectivity index (χ0v) is 20.3. The Morgan fingerprint density at radius 1 is 1.06 bits per heavy atom. The Morgan fingerprint density at radius 3 is 2.53 bits per heavy atom. The van der Waals surface area contributed by atoms with Crippen LogP contribution in [0.3, 0.4) is 0 Å². The van der Waals surface area contributed by atoms with Gasteiger partial charge in [-0.1, -0.05) is 24.6 Å². The molecule has 0 heterocycles. The molecule has 1 aromatic rings. The highest BCUT2D eigenvalue weighted by Gasteiger charge is 2.56. The van der Waals surface area contributed by atoms with Gasteiger partial charge in [0.2, 0.25) is 7.37 Å². The molecule has 5 rings (SSSR count). The molecular weight excluding hydrogens is 419 g/mol. The van der Waals surface area contributed by atoms with Crippen molar-refractivity contribution in [2.24, 2.45) is 17.3 Å². The highest BCUT2D eigenvalue weighted by atomic mass is 31.2. The molecule has 2 unspecified atom stereocenters. The largest absolute Gasteiger partial charge is 0.326 e. The van der Waals surface area contributed by atoms with Gasteiger partial charge in [0.05, 0.1) is 6.61 Å². The normalized spacial score (nSPS) is 33.8. The number of carbonyl (C=O) groups excluding carboxylic acids is 2. The lowest BCUT2D eigenvalue weighted by Crippen LogP contribution is -2.43. The number of benzene rings is 1. The molecule has 1 aromatic carbocycles. The second kappa shape index (κ2) is 7.92. The van der Waals surface area contributed by atoms with Crippen molar-refractivity contribution in [2.75, 3.05) is 13.3 Å². The predicted octanol–water partition coefficient (Wildman–Crippen LogP) is 5.72. The van der Waals surface area contributed by atoms with Gasteiger partial charge in [0, 0.05) is 36.1 Å². The highest BCUT2D eigenvalue weighted by molar-refractivity contribution is 7.66. The molecule has 2 saturated carbocycles. The van der Waals surface area contributed by atoms with Crippen LogP contribution in [0.25, 0.3) is 0 Å². The molecular formula is C27H33O4P. The number of hydrogen-bond donors (Lipinski definition) is 0. The molecule has 0 spiro atoms. The fourth-order valence-corrected chi connectivity index (χ4v) is 8.36. The van der Waals surface area contributed by atoms with Crippen LogP contribution in [0.4, 0.5) is 0 Å². The van der Waals surface area contributed by atoms with Crippen molar-refractivity contribution in [3.05, 3.63) is 52.6 Å². The molecule has 170 valence electrons. The summed E-state index contributed by atoms with van der Waals surface area (Å²) in [5, 5.41) is 0.738. The summed E-state index contributed by atoms with van der Waals surface area (Å²) in [5.74, 6) is 1.68. The third kappa shape index (κ3) is 3.42. The molecule has 0 amide bonds. The molecule has 5 atom stereocenters. The van der Waals surface area contributed by atoms with E-state index in [0.29, 0.717) is 37.1 Å². The second-order valence-electron chi connectivity index (χ2n) is 10.3. The first kappa shape index (κ1) is 22.0. The zero-order valence-electron chi connectivity index (χ0n) is 19.4. The number of carbonyl (C=O) groups is 2. The lowest BCUT2D eigenvalue weighted by atomic mass is 9.53. The van der Waals surface area contributed by atoms with Crippen molar-refractivity contribution < 1.29 is 18.7 Å². The van der Waals surface area contributed by atoms with Crippen molar-refractivity contribution in [1.82, 2.24) is 0 Å². The zero-order chi connectivity index (χ0) is 22.7. The summed E-state index contributed by atoms with van der Waals surface area (Å²) in [4.78, 5) is 25.1. The molecule has 4 nitrogen and oxygen atoms in total. The van der Waals surface area contributed by atoms with E-state index in [9.17, 15) is 14.2 Å². The average Bonchev–Trinajstić information content (AvgIpc) is 3.07. The van der Waals surface area contributed by atoms with Crippen molar-refractivity contribution in [1.29, 1.82) is 0 Å². The average molecular weight is 453 g/mol. The lowest BCUT2D eigenvalue weighted by molar-refractivity contribution is -0.128. The van der Waals surface area contributed by atoms with E-state index in [1.165, 1.54) is 22.3 Å². The van der Waals surface area contributed by atoms with Gasteiger partial charge in [0.15, 0.2) is 5.78 Å². The molecule has 0 radical (unpaired) electrons. The molecule has 32 heavy (non-hydrogen) atoms. The fraction of sp³-hybridized carbons (Fsp3) is 0.556. The first-order chi connectivity index (χ1) is 15.2. The van der Waals surface area contributed by atoms with Gasteiger partial charge in [-0.05, 0) is 85.8 Å². The lowest BCUT2D eigenvalue weighted by Gasteiger charge is -2.50. The number of hydrogen-bond acceptors (Lipinski definition) is 4. The van der Waals surface area contributed by atoms with Crippen LogP contribution < -0.4 is 5.30 Å². The van der Waals surface area contributed by atoms with Crippen molar-refractivity contribution in [2.45, 2.75) is 64.7 Å². The number of rotatable bonds is 4. The maximum Gasteiger partial charge on any atom is 0.229 e. The number of ketones is 2. The Balaban J connectivity index is 1.61. The summed E-state index contributed by atoms with van der Waals surface area (Å²) in [6.07, 6.45) is 7.82. The van der Waals surface area contributed by atoms with E-state index in [0.717, 1.165) is 37.4 Å². The van der Waals surface area contributed by atoms with E-state index >= 15 is 0 Å². The molecule has 0 saturated heterocycles. The van der Waals surface area contributed by atoms with Crippen molar-refractivity contribution in [3.63, 3.8) is 0 Å². The van der Waals surface area contributed by atoms with Gasteiger partial charge in [-0.3, -0.25) is 14.2 Å². The van der Waals surface area contributed by atoms with Gasteiger partial charge in [-0.15, -0.1) is 0 Å². The van der Waals surface area contributed by atoms with Crippen molar-refractivity contribution >= 4 is 24.2 Å². The fourth-order valence-electron chi connectivity index (χ4n) is 7.03. The Labute approximate surface area is 191 Å². The van der Waals surface area contributed by atoms with Crippen LogP contribution in [-0.2, 0) is 18.7 Å². The van der Waals surface area contributed by atoms with Crippen molar-refractivity contribution in [3.8, 4) is 0 Å². The van der Waals surface area contributed by atoms with E-state index < -0.39 is 7.37 Å². The van der Waals surface area contributed by atoms with Gasteiger partial charge in [-0.2, -0.15) is 0 Å². The summed E-state index contributed by atoms with van der Waals surface area (Å²) in [5.41, 5.74) is 5.04. The molecule has 5 heteroatoms. The highest BCUT2D eigenvalue weighted by Crippen LogP contribution is 2.62. The third-order valence-corrected chi connectivity index (χ3v) is 10.6. The number of Topliss-reactive ketones (excluding diaryl/α,β-unsaturated/α-hetero) is 1.